The first-order valence-corrected chi connectivity index (χ1v) is 9.83. The number of aryl methyl sites for hydroxylation is 3. The molecule has 2 heterocycles. The maximum Gasteiger partial charge on any atom is 0.249 e. The van der Waals surface area contributed by atoms with Crippen LogP contribution in [0, 0.1) is 13.8 Å². The number of benzene rings is 2. The summed E-state index contributed by atoms with van der Waals surface area (Å²) < 4.78 is 5.56. The Balaban J connectivity index is 1.56. The van der Waals surface area contributed by atoms with Gasteiger partial charge < -0.3 is 9.42 Å². The van der Waals surface area contributed by atoms with Gasteiger partial charge in [0.05, 0.1) is 0 Å². The van der Waals surface area contributed by atoms with E-state index in [1.165, 1.54) is 16.7 Å². The lowest BCUT2D eigenvalue weighted by atomic mass is 10.1. The van der Waals surface area contributed by atoms with E-state index < -0.39 is 0 Å². The Morgan fingerprint density at radius 2 is 1.82 bits per heavy atom. The number of amides is 1. The molecule has 1 atom stereocenters. The van der Waals surface area contributed by atoms with Gasteiger partial charge in [-0.05, 0) is 48.9 Å². The summed E-state index contributed by atoms with van der Waals surface area (Å²) in [5.41, 5.74) is 5.81. The maximum absolute atomic E-state index is 12.5. The normalized spacial score (nSPS) is 16.8. The second-order valence-corrected chi connectivity index (χ2v) is 7.50. The van der Waals surface area contributed by atoms with Crippen molar-refractivity contribution in [3.05, 3.63) is 70.6 Å². The molecule has 0 spiro atoms. The first kappa shape index (κ1) is 18.4. The lowest BCUT2D eigenvalue weighted by molar-refractivity contribution is -0.129. The molecule has 4 rings (SSSR count). The molecule has 2 aromatic carbocycles. The Bertz CT molecular complexity index is 991. The van der Waals surface area contributed by atoms with E-state index in [-0.39, 0.29) is 11.9 Å². The van der Waals surface area contributed by atoms with Crippen LogP contribution in [-0.2, 0) is 17.8 Å². The minimum absolute atomic E-state index is 0.135. The van der Waals surface area contributed by atoms with Gasteiger partial charge in [-0.3, -0.25) is 4.79 Å². The largest absolute Gasteiger partial charge is 0.337 e. The number of likely N-dealkylation sites (tertiary alicyclic amines) is 1. The number of carbonyl (C=O) groups is 1. The molecule has 1 unspecified atom stereocenters. The summed E-state index contributed by atoms with van der Waals surface area (Å²) in [6.07, 6.45) is 2.22. The summed E-state index contributed by atoms with van der Waals surface area (Å²) >= 11 is 0. The summed E-state index contributed by atoms with van der Waals surface area (Å²) in [4.78, 5) is 19.0. The average molecular weight is 375 g/mol. The lowest BCUT2D eigenvalue weighted by Crippen LogP contribution is -2.27. The molecule has 1 fully saturated rings. The SMILES string of the molecule is CCc1ccc(-c2noc(C3CCC(=O)N3Cc3ccc(C)c(C)c3)n2)cc1. The fraction of sp³-hybridized carbons (Fsp3) is 0.348. The van der Waals surface area contributed by atoms with E-state index in [1.54, 1.807) is 0 Å². The molecule has 3 aromatic rings. The van der Waals surface area contributed by atoms with Crippen molar-refractivity contribution in [2.45, 2.75) is 52.6 Å². The predicted octanol–water partition coefficient (Wildman–Crippen LogP) is 4.78. The molecule has 1 aromatic heterocycles. The number of hydrogen-bond donors (Lipinski definition) is 0. The van der Waals surface area contributed by atoms with E-state index in [2.05, 4.69) is 61.2 Å². The van der Waals surface area contributed by atoms with Gasteiger partial charge in [0.25, 0.3) is 0 Å². The van der Waals surface area contributed by atoms with Gasteiger partial charge in [0.15, 0.2) is 0 Å². The van der Waals surface area contributed by atoms with Crippen LogP contribution in [0.15, 0.2) is 47.0 Å². The van der Waals surface area contributed by atoms with Crippen LogP contribution in [0.2, 0.25) is 0 Å². The van der Waals surface area contributed by atoms with Crippen molar-refractivity contribution in [1.82, 2.24) is 15.0 Å². The molecule has 0 radical (unpaired) electrons. The Morgan fingerprint density at radius 1 is 1.07 bits per heavy atom. The molecule has 1 amide bonds. The highest BCUT2D eigenvalue weighted by Gasteiger charge is 2.36. The monoisotopic (exact) mass is 375 g/mol. The molecular weight excluding hydrogens is 350 g/mol. The van der Waals surface area contributed by atoms with Crippen molar-refractivity contribution in [3.63, 3.8) is 0 Å². The molecule has 0 aliphatic carbocycles. The minimum Gasteiger partial charge on any atom is -0.337 e. The summed E-state index contributed by atoms with van der Waals surface area (Å²) in [6.45, 7) is 6.88. The second-order valence-electron chi connectivity index (χ2n) is 7.50. The zero-order valence-electron chi connectivity index (χ0n) is 16.6. The number of carbonyl (C=O) groups excluding carboxylic acids is 1. The van der Waals surface area contributed by atoms with Crippen LogP contribution in [0.5, 0.6) is 0 Å². The number of nitrogens with zero attached hydrogens (tertiary/aromatic N) is 3. The van der Waals surface area contributed by atoms with Gasteiger partial charge in [-0.25, -0.2) is 0 Å². The first-order valence-electron chi connectivity index (χ1n) is 9.83. The Labute approximate surface area is 165 Å². The Hall–Kier alpha value is -2.95. The van der Waals surface area contributed by atoms with Gasteiger partial charge in [0.1, 0.15) is 6.04 Å². The standard InChI is InChI=1S/C23H25N3O2/c1-4-17-7-9-19(10-8-17)22-24-23(28-25-22)20-11-12-21(27)26(20)14-18-6-5-15(2)16(3)13-18/h5-10,13,20H,4,11-12,14H2,1-3H3. The van der Waals surface area contributed by atoms with Gasteiger partial charge in [0, 0.05) is 18.5 Å². The molecule has 0 saturated carbocycles. The smallest absolute Gasteiger partial charge is 0.249 e. The summed E-state index contributed by atoms with van der Waals surface area (Å²) in [6, 6.07) is 14.4. The summed E-state index contributed by atoms with van der Waals surface area (Å²) in [5, 5.41) is 4.15. The summed E-state index contributed by atoms with van der Waals surface area (Å²) in [5.74, 6) is 1.22. The molecular formula is C23H25N3O2. The topological polar surface area (TPSA) is 59.2 Å². The van der Waals surface area contributed by atoms with E-state index in [0.717, 1.165) is 17.5 Å². The number of hydrogen-bond acceptors (Lipinski definition) is 4. The van der Waals surface area contributed by atoms with Crippen molar-refractivity contribution < 1.29 is 9.32 Å². The quantitative estimate of drug-likeness (QED) is 0.644. The predicted molar refractivity (Wildman–Crippen MR) is 108 cm³/mol. The Kier molecular flexibility index (Phi) is 4.99. The van der Waals surface area contributed by atoms with Crippen LogP contribution < -0.4 is 0 Å². The molecule has 5 nitrogen and oxygen atoms in total. The molecule has 1 aliphatic rings. The molecule has 1 saturated heterocycles. The molecule has 28 heavy (non-hydrogen) atoms. The number of rotatable bonds is 5. The molecule has 0 bridgehead atoms. The van der Waals surface area contributed by atoms with Crippen molar-refractivity contribution >= 4 is 5.91 Å². The van der Waals surface area contributed by atoms with Gasteiger partial charge in [0.2, 0.25) is 17.6 Å². The maximum atomic E-state index is 12.5. The Morgan fingerprint density at radius 3 is 2.54 bits per heavy atom. The summed E-state index contributed by atoms with van der Waals surface area (Å²) in [7, 11) is 0. The van der Waals surface area contributed by atoms with Crippen LogP contribution in [0.4, 0.5) is 0 Å². The van der Waals surface area contributed by atoms with E-state index in [1.807, 2.05) is 17.0 Å². The van der Waals surface area contributed by atoms with Crippen LogP contribution in [0.25, 0.3) is 11.4 Å². The third-order valence-electron chi connectivity index (χ3n) is 5.60. The molecule has 5 heteroatoms. The van der Waals surface area contributed by atoms with Crippen molar-refractivity contribution in [2.75, 3.05) is 0 Å². The highest BCUT2D eigenvalue weighted by atomic mass is 16.5. The van der Waals surface area contributed by atoms with Crippen molar-refractivity contribution in [2.24, 2.45) is 0 Å². The third-order valence-corrected chi connectivity index (χ3v) is 5.60. The van der Waals surface area contributed by atoms with E-state index >= 15 is 0 Å². The van der Waals surface area contributed by atoms with Crippen molar-refractivity contribution in [3.8, 4) is 11.4 Å². The number of aromatic nitrogens is 2. The van der Waals surface area contributed by atoms with Crippen LogP contribution >= 0.6 is 0 Å². The molecule has 1 aliphatic heterocycles. The van der Waals surface area contributed by atoms with Gasteiger partial charge in [-0.2, -0.15) is 4.98 Å². The zero-order valence-corrected chi connectivity index (χ0v) is 16.6. The van der Waals surface area contributed by atoms with Gasteiger partial charge in [-0.1, -0.05) is 54.5 Å². The van der Waals surface area contributed by atoms with E-state index in [4.69, 9.17) is 4.52 Å². The third kappa shape index (κ3) is 3.57. The van der Waals surface area contributed by atoms with Crippen LogP contribution in [0.3, 0.4) is 0 Å². The van der Waals surface area contributed by atoms with Crippen molar-refractivity contribution in [1.29, 1.82) is 0 Å². The van der Waals surface area contributed by atoms with E-state index in [9.17, 15) is 4.79 Å². The highest BCUT2D eigenvalue weighted by molar-refractivity contribution is 5.78. The van der Waals surface area contributed by atoms with Crippen LogP contribution in [-0.4, -0.2) is 20.9 Å². The second kappa shape index (κ2) is 7.58. The van der Waals surface area contributed by atoms with Gasteiger partial charge in [-0.15, -0.1) is 0 Å². The fourth-order valence-electron chi connectivity index (χ4n) is 3.66. The van der Waals surface area contributed by atoms with E-state index in [0.29, 0.717) is 31.1 Å². The van der Waals surface area contributed by atoms with Crippen LogP contribution in [0.1, 0.15) is 54.0 Å². The average Bonchev–Trinajstić information content (AvgIpc) is 3.32. The zero-order chi connectivity index (χ0) is 19.7. The van der Waals surface area contributed by atoms with Gasteiger partial charge >= 0.3 is 0 Å². The highest BCUT2D eigenvalue weighted by Crippen LogP contribution is 2.34. The fourth-order valence-corrected chi connectivity index (χ4v) is 3.66. The minimum atomic E-state index is -0.162. The lowest BCUT2D eigenvalue weighted by Gasteiger charge is -2.22. The molecule has 144 valence electrons. The first-order chi connectivity index (χ1) is 13.5. The molecule has 0 N–H and O–H groups in total.